The first-order chi connectivity index (χ1) is 9.44. The zero-order chi connectivity index (χ0) is 16.4. The van der Waals surface area contributed by atoms with Crippen molar-refractivity contribution in [3.8, 4) is 0 Å². The molecule has 0 aliphatic carbocycles. The monoisotopic (exact) mass is 443 g/mol. The number of sulfonamides is 1. The minimum atomic E-state index is -3.83. The maximum atomic E-state index is 12.4. The molecule has 6 nitrogen and oxygen atoms in total. The van der Waals surface area contributed by atoms with Crippen LogP contribution in [-0.2, 0) is 10.0 Å². The molecular formula is C12H19Br2N3O3S. The second kappa shape index (κ2) is 6.93. The number of benzene rings is 1. The van der Waals surface area contributed by atoms with E-state index < -0.39 is 15.6 Å². The summed E-state index contributed by atoms with van der Waals surface area (Å²) in [5.41, 5.74) is 4.71. The van der Waals surface area contributed by atoms with Gasteiger partial charge in [0.1, 0.15) is 4.90 Å². The summed E-state index contributed by atoms with van der Waals surface area (Å²) >= 11 is 6.44. The van der Waals surface area contributed by atoms with Gasteiger partial charge in [0.05, 0.1) is 11.3 Å². The molecule has 1 aromatic rings. The Morgan fingerprint density at radius 1 is 1.38 bits per heavy atom. The van der Waals surface area contributed by atoms with Crippen LogP contribution >= 0.6 is 31.9 Å². The highest BCUT2D eigenvalue weighted by molar-refractivity contribution is 9.11. The lowest BCUT2D eigenvalue weighted by molar-refractivity contribution is 0.0386. The average molecular weight is 445 g/mol. The van der Waals surface area contributed by atoms with E-state index in [1.807, 2.05) is 0 Å². The molecule has 1 unspecified atom stereocenters. The highest BCUT2D eigenvalue weighted by Crippen LogP contribution is 2.31. The number of hydrogen-bond acceptors (Lipinski definition) is 5. The molecule has 0 spiro atoms. The minimum absolute atomic E-state index is 0.0358. The summed E-state index contributed by atoms with van der Waals surface area (Å²) < 4.78 is 28.1. The van der Waals surface area contributed by atoms with E-state index in [2.05, 4.69) is 36.6 Å². The maximum Gasteiger partial charge on any atom is 0.243 e. The third-order valence-electron chi connectivity index (χ3n) is 2.61. The number of nitrogens with one attached hydrogen (secondary N) is 1. The summed E-state index contributed by atoms with van der Waals surface area (Å²) in [4.78, 5) is 1.74. The number of likely N-dealkylation sites (N-methyl/N-ethyl adjacent to an activating group) is 1. The van der Waals surface area contributed by atoms with Crippen LogP contribution in [0.1, 0.15) is 6.92 Å². The van der Waals surface area contributed by atoms with E-state index in [0.29, 0.717) is 15.5 Å². The summed E-state index contributed by atoms with van der Waals surface area (Å²) in [7, 11) is -0.233. The topological polar surface area (TPSA) is 95.7 Å². The highest BCUT2D eigenvalue weighted by atomic mass is 79.9. The lowest BCUT2D eigenvalue weighted by atomic mass is 10.1. The predicted octanol–water partition coefficient (Wildman–Crippen LogP) is 1.38. The zero-order valence-corrected chi connectivity index (χ0v) is 16.0. The fourth-order valence-electron chi connectivity index (χ4n) is 1.92. The number of halogens is 2. The third-order valence-corrected chi connectivity index (χ3v) is 5.47. The van der Waals surface area contributed by atoms with E-state index >= 15 is 0 Å². The van der Waals surface area contributed by atoms with Crippen molar-refractivity contribution in [1.82, 2.24) is 9.62 Å². The van der Waals surface area contributed by atoms with E-state index in [9.17, 15) is 13.5 Å². The number of aliphatic hydroxyl groups is 1. The Balaban J connectivity index is 2.98. The highest BCUT2D eigenvalue weighted by Gasteiger charge is 2.27. The molecule has 120 valence electrons. The van der Waals surface area contributed by atoms with Gasteiger partial charge in [0.25, 0.3) is 0 Å². The van der Waals surface area contributed by atoms with Crippen LogP contribution in [0, 0.1) is 0 Å². The van der Waals surface area contributed by atoms with Gasteiger partial charge in [-0.15, -0.1) is 0 Å². The number of anilines is 1. The summed E-state index contributed by atoms with van der Waals surface area (Å²) in [5, 5.41) is 10.2. The predicted molar refractivity (Wildman–Crippen MR) is 90.6 cm³/mol. The van der Waals surface area contributed by atoms with Crippen LogP contribution in [0.25, 0.3) is 0 Å². The summed E-state index contributed by atoms with van der Waals surface area (Å²) in [5.74, 6) is 0. The molecule has 1 aromatic carbocycles. The SMILES string of the molecule is CN(C)CC(C)(O)CNS(=O)(=O)c1c(N)cc(Br)cc1Br. The summed E-state index contributed by atoms with van der Waals surface area (Å²) in [6, 6.07) is 3.11. The van der Waals surface area contributed by atoms with E-state index in [1.54, 1.807) is 32.0 Å². The van der Waals surface area contributed by atoms with E-state index in [0.717, 1.165) is 0 Å². The largest absolute Gasteiger partial charge is 0.398 e. The molecule has 0 fully saturated rings. The molecule has 0 heterocycles. The van der Waals surface area contributed by atoms with Crippen molar-refractivity contribution in [2.45, 2.75) is 17.4 Å². The van der Waals surface area contributed by atoms with Crippen molar-refractivity contribution >= 4 is 47.6 Å². The molecule has 9 heteroatoms. The van der Waals surface area contributed by atoms with Crippen LogP contribution in [0.3, 0.4) is 0 Å². The van der Waals surface area contributed by atoms with Crippen LogP contribution in [0.2, 0.25) is 0 Å². The van der Waals surface area contributed by atoms with Crippen molar-refractivity contribution < 1.29 is 13.5 Å². The Labute approximate surface area is 142 Å². The van der Waals surface area contributed by atoms with Gasteiger partial charge in [-0.2, -0.15) is 0 Å². The van der Waals surface area contributed by atoms with Crippen molar-refractivity contribution in [2.75, 3.05) is 32.9 Å². The maximum absolute atomic E-state index is 12.4. The first-order valence-corrected chi connectivity index (χ1v) is 9.13. The number of rotatable bonds is 6. The van der Waals surface area contributed by atoms with Gasteiger partial charge >= 0.3 is 0 Å². The molecule has 0 saturated carbocycles. The van der Waals surface area contributed by atoms with Gasteiger partial charge in [-0.25, -0.2) is 13.1 Å². The molecule has 0 aliphatic heterocycles. The molecule has 0 radical (unpaired) electrons. The molecule has 1 atom stereocenters. The van der Waals surface area contributed by atoms with Gasteiger partial charge in [0.2, 0.25) is 10.0 Å². The summed E-state index contributed by atoms with van der Waals surface area (Å²) in [6.07, 6.45) is 0. The summed E-state index contributed by atoms with van der Waals surface area (Å²) in [6.45, 7) is 1.78. The number of nitrogen functional groups attached to an aromatic ring is 1. The van der Waals surface area contributed by atoms with E-state index in [4.69, 9.17) is 5.73 Å². The lowest BCUT2D eigenvalue weighted by Gasteiger charge is -2.27. The number of nitrogens with zero attached hydrogens (tertiary/aromatic N) is 1. The van der Waals surface area contributed by atoms with Gasteiger partial charge in [-0.05, 0) is 49.1 Å². The van der Waals surface area contributed by atoms with Crippen molar-refractivity contribution in [3.63, 3.8) is 0 Å². The van der Waals surface area contributed by atoms with E-state index in [1.165, 1.54) is 6.07 Å². The second-order valence-corrected chi connectivity index (χ2v) is 8.84. The van der Waals surface area contributed by atoms with Gasteiger partial charge in [0, 0.05) is 22.0 Å². The second-order valence-electron chi connectivity index (χ2n) is 5.37. The zero-order valence-electron chi connectivity index (χ0n) is 12.0. The van der Waals surface area contributed by atoms with Crippen molar-refractivity contribution in [2.24, 2.45) is 0 Å². The first kappa shape index (κ1) is 18.9. The third kappa shape index (κ3) is 5.50. The smallest absolute Gasteiger partial charge is 0.243 e. The Morgan fingerprint density at radius 3 is 2.43 bits per heavy atom. The molecule has 0 amide bonds. The quantitative estimate of drug-likeness (QED) is 0.576. The van der Waals surface area contributed by atoms with Crippen LogP contribution < -0.4 is 10.5 Å². The Kier molecular flexibility index (Phi) is 6.22. The molecule has 0 saturated heterocycles. The average Bonchev–Trinajstić information content (AvgIpc) is 2.23. The Hall–Kier alpha value is -0.190. The van der Waals surface area contributed by atoms with Crippen LogP contribution in [0.4, 0.5) is 5.69 Å². The Bertz CT molecular complexity index is 595. The number of nitrogens with two attached hydrogens (primary N) is 1. The Morgan fingerprint density at radius 2 is 1.95 bits per heavy atom. The molecule has 4 N–H and O–H groups in total. The lowest BCUT2D eigenvalue weighted by Crippen LogP contribution is -2.47. The van der Waals surface area contributed by atoms with Crippen LogP contribution in [-0.4, -0.2) is 51.2 Å². The molecule has 21 heavy (non-hydrogen) atoms. The van der Waals surface area contributed by atoms with Crippen molar-refractivity contribution in [3.05, 3.63) is 21.1 Å². The van der Waals surface area contributed by atoms with E-state index in [-0.39, 0.29) is 17.1 Å². The molecular weight excluding hydrogens is 426 g/mol. The minimum Gasteiger partial charge on any atom is -0.398 e. The molecule has 0 aliphatic rings. The first-order valence-electron chi connectivity index (χ1n) is 6.06. The fraction of sp³-hybridized carbons (Fsp3) is 0.500. The van der Waals surface area contributed by atoms with Gasteiger partial charge < -0.3 is 15.7 Å². The normalized spacial score (nSPS) is 15.2. The van der Waals surface area contributed by atoms with Gasteiger partial charge in [-0.1, -0.05) is 15.9 Å². The standard InChI is InChI=1S/C12H19Br2N3O3S/c1-12(18,7-17(2)3)6-16-21(19,20)11-9(14)4-8(13)5-10(11)15/h4-5,16,18H,6-7,15H2,1-3H3. The molecule has 0 bridgehead atoms. The van der Waals surface area contributed by atoms with Crippen molar-refractivity contribution in [1.29, 1.82) is 0 Å². The fourth-order valence-corrected chi connectivity index (χ4v) is 5.15. The van der Waals surface area contributed by atoms with Crippen LogP contribution in [0.5, 0.6) is 0 Å². The van der Waals surface area contributed by atoms with Gasteiger partial charge in [-0.3, -0.25) is 0 Å². The van der Waals surface area contributed by atoms with Gasteiger partial charge in [0.15, 0.2) is 0 Å². The molecule has 1 rings (SSSR count). The number of hydrogen-bond donors (Lipinski definition) is 3. The molecule has 0 aromatic heterocycles. The van der Waals surface area contributed by atoms with Crippen LogP contribution in [0.15, 0.2) is 26.0 Å².